The Bertz CT molecular complexity index is 440. The largest absolute Gasteiger partial charge is 0.264 e. The molecule has 0 N–H and O–H groups in total. The van der Waals surface area contributed by atoms with Gasteiger partial charge in [0.1, 0.15) is 0 Å². The second kappa shape index (κ2) is 5.26. The number of hydrogen-bond donors (Lipinski definition) is 0. The Labute approximate surface area is 104 Å². The minimum Gasteiger partial charge on any atom is -0.264 e. The van der Waals surface area contributed by atoms with Crippen LogP contribution in [0, 0.1) is 19.8 Å². The van der Waals surface area contributed by atoms with Crippen LogP contribution in [0.25, 0.3) is 0 Å². The zero-order chi connectivity index (χ0) is 12.3. The third kappa shape index (κ3) is 2.82. The maximum Gasteiger partial charge on any atom is 0.0659 e. The van der Waals surface area contributed by atoms with Gasteiger partial charge in [0.05, 0.1) is 11.4 Å². The highest BCUT2D eigenvalue weighted by Crippen LogP contribution is 2.29. The minimum absolute atomic E-state index is 0.687. The van der Waals surface area contributed by atoms with E-state index in [0.717, 1.165) is 16.9 Å². The molecule has 2 heteroatoms. The summed E-state index contributed by atoms with van der Waals surface area (Å²) in [6.07, 6.45) is 7.44. The fraction of sp³-hybridized carbons (Fsp3) is 0.467. The van der Waals surface area contributed by atoms with Crippen LogP contribution in [0.1, 0.15) is 36.8 Å². The molecule has 0 aromatic heterocycles. The van der Waals surface area contributed by atoms with Crippen molar-refractivity contribution >= 4 is 24.3 Å². The molecule has 0 radical (unpaired) electrons. The molecule has 90 valence electrons. The summed E-state index contributed by atoms with van der Waals surface area (Å²) in [5, 5.41) is 0. The normalized spacial score (nSPS) is 16.8. The molecule has 1 saturated carbocycles. The van der Waals surface area contributed by atoms with E-state index in [0.29, 0.717) is 5.92 Å². The summed E-state index contributed by atoms with van der Waals surface area (Å²) < 4.78 is 0. The van der Waals surface area contributed by atoms with Gasteiger partial charge in [0.2, 0.25) is 0 Å². The quantitative estimate of drug-likeness (QED) is 0.679. The summed E-state index contributed by atoms with van der Waals surface area (Å²) in [6.45, 7) is 7.72. The van der Waals surface area contributed by atoms with Crippen molar-refractivity contribution in [3.63, 3.8) is 0 Å². The third-order valence-electron chi connectivity index (χ3n) is 3.51. The average Bonchev–Trinajstić information content (AvgIpc) is 2.82. The van der Waals surface area contributed by atoms with Crippen LogP contribution >= 0.6 is 0 Å². The maximum absolute atomic E-state index is 4.64. The number of aliphatic imine (C=N–C) groups is 2. The minimum atomic E-state index is 0.687. The highest BCUT2D eigenvalue weighted by Gasteiger charge is 2.12. The smallest absolute Gasteiger partial charge is 0.0659 e. The lowest BCUT2D eigenvalue weighted by Gasteiger charge is -2.06. The summed E-state index contributed by atoms with van der Waals surface area (Å²) in [5.41, 5.74) is 4.35. The molecule has 1 aromatic carbocycles. The van der Waals surface area contributed by atoms with Gasteiger partial charge < -0.3 is 0 Å². The summed E-state index contributed by atoms with van der Waals surface area (Å²) in [7, 11) is 0. The van der Waals surface area contributed by atoms with Crippen molar-refractivity contribution in [2.24, 2.45) is 15.9 Å². The molecular formula is C15H20N2. The molecule has 0 bridgehead atoms. The number of nitrogens with zero attached hydrogens (tertiary/aromatic N) is 2. The molecule has 0 amide bonds. The van der Waals surface area contributed by atoms with Gasteiger partial charge in [-0.05, 0) is 62.6 Å². The summed E-state index contributed by atoms with van der Waals surface area (Å²) >= 11 is 0. The second-order valence-corrected chi connectivity index (χ2v) is 4.91. The van der Waals surface area contributed by atoms with Crippen molar-refractivity contribution in [1.29, 1.82) is 0 Å². The van der Waals surface area contributed by atoms with E-state index < -0.39 is 0 Å². The Morgan fingerprint density at radius 1 is 1.12 bits per heavy atom. The Morgan fingerprint density at radius 2 is 1.71 bits per heavy atom. The van der Waals surface area contributed by atoms with E-state index in [-0.39, 0.29) is 0 Å². The van der Waals surface area contributed by atoms with Crippen molar-refractivity contribution in [3.8, 4) is 0 Å². The van der Waals surface area contributed by atoms with Crippen molar-refractivity contribution in [2.75, 3.05) is 0 Å². The van der Waals surface area contributed by atoms with E-state index in [1.165, 1.54) is 31.2 Å². The van der Waals surface area contributed by atoms with Crippen LogP contribution < -0.4 is 0 Å². The Balaban J connectivity index is 2.20. The molecule has 0 saturated heterocycles. The predicted molar refractivity (Wildman–Crippen MR) is 75.2 cm³/mol. The molecule has 1 aliphatic rings. The SMILES string of the molecule is C=Nc1cc(C)c(N=CC2CCCC2)cc1C. The number of rotatable bonds is 3. The Hall–Kier alpha value is -1.44. The third-order valence-corrected chi connectivity index (χ3v) is 3.51. The molecule has 1 aromatic rings. The van der Waals surface area contributed by atoms with Crippen LogP contribution in [-0.2, 0) is 0 Å². The van der Waals surface area contributed by atoms with E-state index >= 15 is 0 Å². The molecule has 17 heavy (non-hydrogen) atoms. The zero-order valence-corrected chi connectivity index (χ0v) is 10.7. The van der Waals surface area contributed by atoms with Gasteiger partial charge in [0.25, 0.3) is 0 Å². The van der Waals surface area contributed by atoms with Gasteiger partial charge in [-0.25, -0.2) is 0 Å². The maximum atomic E-state index is 4.64. The average molecular weight is 228 g/mol. The molecule has 2 nitrogen and oxygen atoms in total. The molecule has 2 rings (SSSR count). The lowest BCUT2D eigenvalue weighted by Crippen LogP contribution is -1.93. The Kier molecular flexibility index (Phi) is 3.72. The van der Waals surface area contributed by atoms with Gasteiger partial charge in [-0.3, -0.25) is 9.98 Å². The topological polar surface area (TPSA) is 24.7 Å². The molecule has 0 atom stereocenters. The van der Waals surface area contributed by atoms with E-state index in [2.05, 4.69) is 48.9 Å². The van der Waals surface area contributed by atoms with Crippen LogP contribution in [0.5, 0.6) is 0 Å². The standard InChI is InChI=1S/C15H20N2/c1-11-9-15(12(2)8-14(11)16-3)17-10-13-6-4-5-7-13/h8-10,13H,3-7H2,1-2H3. The number of aryl methyl sites for hydroxylation is 2. The van der Waals surface area contributed by atoms with Gasteiger partial charge in [0, 0.05) is 6.21 Å². The predicted octanol–water partition coefficient (Wildman–Crippen LogP) is 4.53. The fourth-order valence-corrected chi connectivity index (χ4v) is 2.39. The summed E-state index contributed by atoms with van der Waals surface area (Å²) in [4.78, 5) is 8.64. The summed E-state index contributed by atoms with van der Waals surface area (Å²) in [6, 6.07) is 4.16. The molecular weight excluding hydrogens is 208 g/mol. The first-order valence-corrected chi connectivity index (χ1v) is 6.33. The van der Waals surface area contributed by atoms with Gasteiger partial charge in [-0.2, -0.15) is 0 Å². The first-order chi connectivity index (χ1) is 8.20. The lowest BCUT2D eigenvalue weighted by molar-refractivity contribution is 0.744. The van der Waals surface area contributed by atoms with E-state index in [4.69, 9.17) is 0 Å². The van der Waals surface area contributed by atoms with Crippen LogP contribution in [0.3, 0.4) is 0 Å². The molecule has 0 unspecified atom stereocenters. The van der Waals surface area contributed by atoms with Crippen molar-refractivity contribution in [1.82, 2.24) is 0 Å². The van der Waals surface area contributed by atoms with Crippen molar-refractivity contribution in [3.05, 3.63) is 23.3 Å². The van der Waals surface area contributed by atoms with Crippen molar-refractivity contribution in [2.45, 2.75) is 39.5 Å². The molecule has 1 fully saturated rings. The highest BCUT2D eigenvalue weighted by molar-refractivity contribution is 5.69. The van der Waals surface area contributed by atoms with Gasteiger partial charge in [0.15, 0.2) is 0 Å². The van der Waals surface area contributed by atoms with Gasteiger partial charge in [-0.15, -0.1) is 0 Å². The number of hydrogen-bond acceptors (Lipinski definition) is 2. The van der Waals surface area contributed by atoms with Crippen LogP contribution in [-0.4, -0.2) is 12.9 Å². The Morgan fingerprint density at radius 3 is 2.35 bits per heavy atom. The first kappa shape index (κ1) is 12.0. The molecule has 1 aliphatic carbocycles. The van der Waals surface area contributed by atoms with Gasteiger partial charge >= 0.3 is 0 Å². The van der Waals surface area contributed by atoms with Crippen LogP contribution in [0.2, 0.25) is 0 Å². The van der Waals surface area contributed by atoms with Gasteiger partial charge in [-0.1, -0.05) is 12.8 Å². The monoisotopic (exact) mass is 228 g/mol. The fourth-order valence-electron chi connectivity index (χ4n) is 2.39. The number of benzene rings is 1. The van der Waals surface area contributed by atoms with Crippen LogP contribution in [0.15, 0.2) is 22.1 Å². The molecule has 0 aliphatic heterocycles. The second-order valence-electron chi connectivity index (χ2n) is 4.91. The summed E-state index contributed by atoms with van der Waals surface area (Å²) in [5.74, 6) is 0.687. The van der Waals surface area contributed by atoms with E-state index in [1.807, 2.05) is 0 Å². The zero-order valence-electron chi connectivity index (χ0n) is 10.7. The lowest BCUT2D eigenvalue weighted by atomic mass is 10.1. The van der Waals surface area contributed by atoms with Crippen molar-refractivity contribution < 1.29 is 0 Å². The van der Waals surface area contributed by atoms with Crippen LogP contribution in [0.4, 0.5) is 11.4 Å². The molecule has 0 heterocycles. The molecule has 0 spiro atoms. The highest BCUT2D eigenvalue weighted by atomic mass is 14.7. The first-order valence-electron chi connectivity index (χ1n) is 6.33. The van der Waals surface area contributed by atoms with E-state index in [1.54, 1.807) is 0 Å². The van der Waals surface area contributed by atoms with E-state index in [9.17, 15) is 0 Å².